The molecule has 0 saturated carbocycles. The molecule has 0 bridgehead atoms. The Morgan fingerprint density at radius 3 is 3.00 bits per heavy atom. The summed E-state index contributed by atoms with van der Waals surface area (Å²) in [6, 6.07) is 6.46. The zero-order chi connectivity index (χ0) is 9.97. The first-order chi connectivity index (χ1) is 6.81. The fraction of sp³-hybridized carbons (Fsp3) is 0.500. The van der Waals surface area contributed by atoms with E-state index in [-0.39, 0.29) is 6.04 Å². The summed E-state index contributed by atoms with van der Waals surface area (Å²) in [5.74, 6) is 0.918. The maximum atomic E-state index is 6.11. The van der Waals surface area contributed by atoms with E-state index in [2.05, 4.69) is 12.1 Å². The molecule has 0 spiro atoms. The number of fused-ring (bicyclic) bond motifs is 1. The largest absolute Gasteiger partial charge is 0.497 e. The summed E-state index contributed by atoms with van der Waals surface area (Å²) in [4.78, 5) is 0. The van der Waals surface area contributed by atoms with Gasteiger partial charge in [-0.1, -0.05) is 12.5 Å². The standard InChI is InChI=1S/C12H17NO/c1-14-10-7-6-9-4-2-3-5-12(13)11(9)8-10/h6-8,12H,2-5,13H2,1H3/t12-/m0/s1. The van der Waals surface area contributed by atoms with E-state index in [1.54, 1.807) is 7.11 Å². The zero-order valence-electron chi connectivity index (χ0n) is 8.62. The first-order valence-corrected chi connectivity index (χ1v) is 5.23. The summed E-state index contributed by atoms with van der Waals surface area (Å²) in [6.07, 6.45) is 4.75. The predicted molar refractivity (Wildman–Crippen MR) is 57.5 cm³/mol. The van der Waals surface area contributed by atoms with Crippen LogP contribution in [0.25, 0.3) is 0 Å². The zero-order valence-corrected chi connectivity index (χ0v) is 8.62. The number of ether oxygens (including phenoxy) is 1. The van der Waals surface area contributed by atoms with Gasteiger partial charge < -0.3 is 10.5 Å². The number of aryl methyl sites for hydroxylation is 1. The quantitative estimate of drug-likeness (QED) is 0.692. The normalized spacial score (nSPS) is 21.1. The highest BCUT2D eigenvalue weighted by Gasteiger charge is 2.15. The molecule has 2 N–H and O–H groups in total. The van der Waals surface area contributed by atoms with Crippen molar-refractivity contribution in [1.82, 2.24) is 0 Å². The predicted octanol–water partition coefficient (Wildman–Crippen LogP) is 2.42. The molecule has 0 aliphatic heterocycles. The number of hydrogen-bond acceptors (Lipinski definition) is 2. The van der Waals surface area contributed by atoms with Crippen molar-refractivity contribution in [2.45, 2.75) is 31.7 Å². The van der Waals surface area contributed by atoms with E-state index in [9.17, 15) is 0 Å². The molecule has 1 aromatic carbocycles. The number of hydrogen-bond donors (Lipinski definition) is 1. The number of methoxy groups -OCH3 is 1. The summed E-state index contributed by atoms with van der Waals surface area (Å²) < 4.78 is 5.21. The Bertz CT molecular complexity index is 322. The topological polar surface area (TPSA) is 35.2 Å². The van der Waals surface area contributed by atoms with Gasteiger partial charge in [-0.2, -0.15) is 0 Å². The minimum atomic E-state index is 0.197. The van der Waals surface area contributed by atoms with Crippen molar-refractivity contribution in [3.63, 3.8) is 0 Å². The first-order valence-electron chi connectivity index (χ1n) is 5.23. The van der Waals surface area contributed by atoms with Crippen molar-refractivity contribution in [2.24, 2.45) is 5.73 Å². The van der Waals surface area contributed by atoms with Gasteiger partial charge >= 0.3 is 0 Å². The van der Waals surface area contributed by atoms with Gasteiger partial charge in [-0.25, -0.2) is 0 Å². The van der Waals surface area contributed by atoms with Crippen molar-refractivity contribution < 1.29 is 4.74 Å². The average molecular weight is 191 g/mol. The van der Waals surface area contributed by atoms with Gasteiger partial charge in [0.2, 0.25) is 0 Å². The molecule has 76 valence electrons. The van der Waals surface area contributed by atoms with Crippen LogP contribution in [0.5, 0.6) is 5.75 Å². The lowest BCUT2D eigenvalue weighted by Crippen LogP contribution is -2.10. The summed E-state index contributed by atoms with van der Waals surface area (Å²) in [6.45, 7) is 0. The van der Waals surface area contributed by atoms with E-state index in [0.717, 1.165) is 18.6 Å². The summed E-state index contributed by atoms with van der Waals surface area (Å²) >= 11 is 0. The number of rotatable bonds is 1. The third-order valence-corrected chi connectivity index (χ3v) is 2.96. The van der Waals surface area contributed by atoms with Gasteiger partial charge in [0, 0.05) is 6.04 Å². The van der Waals surface area contributed by atoms with E-state index in [1.165, 1.54) is 24.0 Å². The molecule has 2 nitrogen and oxygen atoms in total. The third-order valence-electron chi connectivity index (χ3n) is 2.96. The van der Waals surface area contributed by atoms with Crippen molar-refractivity contribution in [1.29, 1.82) is 0 Å². The Labute approximate surface area is 85.1 Å². The van der Waals surface area contributed by atoms with E-state index in [0.29, 0.717) is 0 Å². The van der Waals surface area contributed by atoms with Gasteiger partial charge in [-0.05, 0) is 42.5 Å². The van der Waals surface area contributed by atoms with Crippen molar-refractivity contribution in [3.8, 4) is 5.75 Å². The second-order valence-electron chi connectivity index (χ2n) is 3.92. The van der Waals surface area contributed by atoms with Crippen LogP contribution in [0.1, 0.15) is 36.4 Å². The highest BCUT2D eigenvalue weighted by Crippen LogP contribution is 2.29. The molecule has 0 fully saturated rings. The van der Waals surface area contributed by atoms with Gasteiger partial charge in [-0.3, -0.25) is 0 Å². The molecule has 0 saturated heterocycles. The maximum Gasteiger partial charge on any atom is 0.119 e. The van der Waals surface area contributed by atoms with Crippen LogP contribution in [0.15, 0.2) is 18.2 Å². The number of nitrogens with two attached hydrogens (primary N) is 1. The lowest BCUT2D eigenvalue weighted by molar-refractivity contribution is 0.413. The van der Waals surface area contributed by atoms with Gasteiger partial charge in [0.25, 0.3) is 0 Å². The molecule has 0 heterocycles. The minimum absolute atomic E-state index is 0.197. The second kappa shape index (κ2) is 4.01. The molecule has 0 aromatic heterocycles. The van der Waals surface area contributed by atoms with Crippen LogP contribution < -0.4 is 10.5 Å². The SMILES string of the molecule is COc1ccc2c(c1)[C@@H](N)CCCC2. The minimum Gasteiger partial charge on any atom is -0.497 e. The summed E-state index contributed by atoms with van der Waals surface area (Å²) in [5.41, 5.74) is 8.79. The van der Waals surface area contributed by atoms with Gasteiger partial charge in [-0.15, -0.1) is 0 Å². The summed E-state index contributed by atoms with van der Waals surface area (Å²) in [5, 5.41) is 0. The Morgan fingerprint density at radius 1 is 1.36 bits per heavy atom. The smallest absolute Gasteiger partial charge is 0.119 e. The van der Waals surface area contributed by atoms with Crippen LogP contribution in [0.2, 0.25) is 0 Å². The van der Waals surface area contributed by atoms with E-state index >= 15 is 0 Å². The van der Waals surface area contributed by atoms with Crippen molar-refractivity contribution >= 4 is 0 Å². The highest BCUT2D eigenvalue weighted by molar-refractivity contribution is 5.38. The fourth-order valence-electron chi connectivity index (χ4n) is 2.11. The molecule has 1 aliphatic carbocycles. The van der Waals surface area contributed by atoms with Gasteiger partial charge in [0.15, 0.2) is 0 Å². The monoisotopic (exact) mass is 191 g/mol. The Hall–Kier alpha value is -1.02. The average Bonchev–Trinajstić information content (AvgIpc) is 2.40. The molecular weight excluding hydrogens is 174 g/mol. The van der Waals surface area contributed by atoms with Gasteiger partial charge in [0.05, 0.1) is 7.11 Å². The number of benzene rings is 1. The van der Waals surface area contributed by atoms with Crippen molar-refractivity contribution in [3.05, 3.63) is 29.3 Å². The molecule has 14 heavy (non-hydrogen) atoms. The van der Waals surface area contributed by atoms with Gasteiger partial charge in [0.1, 0.15) is 5.75 Å². The molecule has 2 rings (SSSR count). The summed E-state index contributed by atoms with van der Waals surface area (Å²) in [7, 11) is 1.70. The Kier molecular flexibility index (Phi) is 2.73. The fourth-order valence-corrected chi connectivity index (χ4v) is 2.11. The lowest BCUT2D eigenvalue weighted by atomic mass is 9.99. The molecule has 1 aliphatic rings. The first kappa shape index (κ1) is 9.53. The molecule has 2 heteroatoms. The van der Waals surface area contributed by atoms with E-state index in [4.69, 9.17) is 10.5 Å². The van der Waals surface area contributed by atoms with E-state index in [1.807, 2.05) is 6.07 Å². The van der Waals surface area contributed by atoms with E-state index < -0.39 is 0 Å². The lowest BCUT2D eigenvalue weighted by Gasteiger charge is -2.13. The Morgan fingerprint density at radius 2 is 2.21 bits per heavy atom. The van der Waals surface area contributed by atoms with Crippen LogP contribution in [0.4, 0.5) is 0 Å². The maximum absolute atomic E-state index is 6.11. The molecule has 1 atom stereocenters. The molecule has 0 radical (unpaired) electrons. The highest BCUT2D eigenvalue weighted by atomic mass is 16.5. The third kappa shape index (κ3) is 1.75. The molecular formula is C12H17NO. The second-order valence-corrected chi connectivity index (χ2v) is 3.92. The molecule has 0 unspecified atom stereocenters. The van der Waals surface area contributed by atoms with Crippen molar-refractivity contribution in [2.75, 3.05) is 7.11 Å². The van der Waals surface area contributed by atoms with Crippen LogP contribution >= 0.6 is 0 Å². The van der Waals surface area contributed by atoms with Crippen LogP contribution in [0, 0.1) is 0 Å². The molecule has 0 amide bonds. The Balaban J connectivity index is 2.39. The molecule has 1 aromatic rings. The van der Waals surface area contributed by atoms with Crippen LogP contribution in [-0.4, -0.2) is 7.11 Å². The van der Waals surface area contributed by atoms with Crippen LogP contribution in [-0.2, 0) is 6.42 Å². The van der Waals surface area contributed by atoms with Crippen LogP contribution in [0.3, 0.4) is 0 Å².